The van der Waals surface area contributed by atoms with E-state index in [1.807, 2.05) is 0 Å². The van der Waals surface area contributed by atoms with E-state index in [1.165, 1.54) is 17.0 Å². The van der Waals surface area contributed by atoms with Gasteiger partial charge in [-0.2, -0.15) is 0 Å². The minimum Gasteiger partial charge on any atom is -0.396 e. The van der Waals surface area contributed by atoms with Crippen LogP contribution in [0.2, 0.25) is 0 Å². The number of hydrogen-bond acceptors (Lipinski definition) is 2. The van der Waals surface area contributed by atoms with Gasteiger partial charge in [0.25, 0.3) is 0 Å². The van der Waals surface area contributed by atoms with E-state index in [0.29, 0.717) is 12.1 Å². The van der Waals surface area contributed by atoms with Crippen molar-refractivity contribution < 1.29 is 9.18 Å². The van der Waals surface area contributed by atoms with E-state index in [2.05, 4.69) is 0 Å². The van der Waals surface area contributed by atoms with Crippen LogP contribution in [0.15, 0.2) is 12.1 Å². The normalized spacial score (nSPS) is 14.9. The summed E-state index contributed by atoms with van der Waals surface area (Å²) < 4.78 is 13.0. The number of rotatable bonds is 0. The van der Waals surface area contributed by atoms with Gasteiger partial charge in [-0.05, 0) is 11.6 Å². The summed E-state index contributed by atoms with van der Waals surface area (Å²) in [6.07, 6.45) is 0.316. The Morgan fingerprint density at radius 1 is 1.54 bits per heavy atom. The number of fused-ring (bicyclic) bond motifs is 1. The van der Waals surface area contributed by atoms with Gasteiger partial charge >= 0.3 is 0 Å². The van der Waals surface area contributed by atoms with Crippen LogP contribution in [0.3, 0.4) is 0 Å². The monoisotopic (exact) mass is 180 g/mol. The van der Waals surface area contributed by atoms with Crippen LogP contribution in [0.25, 0.3) is 0 Å². The number of hydrogen-bond donors (Lipinski definition) is 1. The maximum Gasteiger partial charge on any atom is 0.231 e. The highest BCUT2D eigenvalue weighted by Crippen LogP contribution is 2.30. The lowest BCUT2D eigenvalue weighted by Crippen LogP contribution is -2.20. The average molecular weight is 180 g/mol. The Kier molecular flexibility index (Phi) is 1.52. The van der Waals surface area contributed by atoms with Crippen LogP contribution < -0.4 is 10.6 Å². The molecule has 1 aliphatic rings. The van der Waals surface area contributed by atoms with Crippen molar-refractivity contribution in [3.63, 3.8) is 0 Å². The van der Waals surface area contributed by atoms with E-state index >= 15 is 0 Å². The molecule has 1 aliphatic heterocycles. The molecule has 68 valence electrons. The van der Waals surface area contributed by atoms with Crippen LogP contribution in [0.5, 0.6) is 0 Å². The predicted octanol–water partition coefficient (Wildman–Crippen LogP) is 0.927. The predicted molar refractivity (Wildman–Crippen MR) is 47.9 cm³/mol. The summed E-state index contributed by atoms with van der Waals surface area (Å²) in [5.74, 6) is -0.500. The first-order chi connectivity index (χ1) is 6.09. The van der Waals surface area contributed by atoms with Gasteiger partial charge in [-0.1, -0.05) is 0 Å². The lowest BCUT2D eigenvalue weighted by Gasteiger charge is -2.10. The molecule has 2 N–H and O–H groups in total. The van der Waals surface area contributed by atoms with Gasteiger partial charge in [-0.15, -0.1) is 0 Å². The summed E-state index contributed by atoms with van der Waals surface area (Å²) in [5.41, 5.74) is 6.90. The molecule has 0 fully saturated rings. The molecule has 0 radical (unpaired) electrons. The summed E-state index contributed by atoms with van der Waals surface area (Å²) >= 11 is 0. The lowest BCUT2D eigenvalue weighted by molar-refractivity contribution is -0.117. The van der Waals surface area contributed by atoms with Gasteiger partial charge in [0.15, 0.2) is 0 Å². The summed E-state index contributed by atoms with van der Waals surface area (Å²) in [6, 6.07) is 2.82. The number of anilines is 2. The molecular weight excluding hydrogens is 171 g/mol. The van der Waals surface area contributed by atoms with Crippen LogP contribution in [0, 0.1) is 5.82 Å². The second-order valence-corrected chi connectivity index (χ2v) is 3.13. The summed E-state index contributed by atoms with van der Waals surface area (Å²) in [7, 11) is 1.63. The first kappa shape index (κ1) is 8.04. The smallest absolute Gasteiger partial charge is 0.231 e. The maximum absolute atomic E-state index is 13.0. The molecule has 0 saturated heterocycles. The second-order valence-electron chi connectivity index (χ2n) is 3.13. The zero-order valence-electron chi connectivity index (χ0n) is 7.17. The van der Waals surface area contributed by atoms with Gasteiger partial charge < -0.3 is 10.6 Å². The third kappa shape index (κ3) is 1.06. The highest BCUT2D eigenvalue weighted by atomic mass is 19.1. The molecule has 0 aromatic heterocycles. The Morgan fingerprint density at radius 2 is 2.23 bits per heavy atom. The molecular formula is C9H9FN2O. The van der Waals surface area contributed by atoms with Gasteiger partial charge in [0, 0.05) is 13.1 Å². The van der Waals surface area contributed by atoms with Gasteiger partial charge in [-0.3, -0.25) is 4.79 Å². The van der Waals surface area contributed by atoms with Gasteiger partial charge in [0.2, 0.25) is 5.91 Å². The van der Waals surface area contributed by atoms with E-state index in [4.69, 9.17) is 5.73 Å². The first-order valence-electron chi connectivity index (χ1n) is 3.94. The Labute approximate surface area is 74.9 Å². The van der Waals surface area contributed by atoms with Crippen molar-refractivity contribution >= 4 is 17.3 Å². The minimum atomic E-state index is -0.472. The van der Waals surface area contributed by atoms with Crippen LogP contribution in [-0.2, 0) is 11.2 Å². The largest absolute Gasteiger partial charge is 0.396 e. The number of nitrogens with zero attached hydrogens (tertiary/aromatic N) is 1. The molecule has 0 unspecified atom stereocenters. The van der Waals surface area contributed by atoms with E-state index in [-0.39, 0.29) is 11.6 Å². The summed E-state index contributed by atoms with van der Waals surface area (Å²) in [4.78, 5) is 12.7. The molecule has 4 heteroatoms. The Morgan fingerprint density at radius 3 is 2.92 bits per heavy atom. The fraction of sp³-hybridized carbons (Fsp3) is 0.222. The number of carbonyl (C=O) groups excluding carboxylic acids is 1. The SMILES string of the molecule is CN1C(=O)Cc2cc(N)c(F)cc21. The molecule has 0 spiro atoms. The van der Waals surface area contributed by atoms with E-state index in [9.17, 15) is 9.18 Å². The Balaban J connectivity index is 2.59. The average Bonchev–Trinajstić information content (AvgIpc) is 2.32. The molecule has 1 amide bonds. The zero-order valence-corrected chi connectivity index (χ0v) is 7.17. The fourth-order valence-corrected chi connectivity index (χ4v) is 1.50. The molecule has 1 heterocycles. The van der Waals surface area contributed by atoms with Crippen LogP contribution in [-0.4, -0.2) is 13.0 Å². The minimum absolute atomic E-state index is 0.0278. The van der Waals surface area contributed by atoms with Crippen molar-refractivity contribution in [1.29, 1.82) is 0 Å². The molecule has 13 heavy (non-hydrogen) atoms. The number of nitrogens with two attached hydrogens (primary N) is 1. The summed E-state index contributed by atoms with van der Waals surface area (Å²) in [6.45, 7) is 0. The topological polar surface area (TPSA) is 46.3 Å². The quantitative estimate of drug-likeness (QED) is 0.603. The van der Waals surface area contributed by atoms with Gasteiger partial charge in [0.1, 0.15) is 5.82 Å². The van der Waals surface area contributed by atoms with E-state index in [1.54, 1.807) is 7.05 Å². The third-order valence-electron chi connectivity index (χ3n) is 2.28. The van der Waals surface area contributed by atoms with E-state index < -0.39 is 5.82 Å². The molecule has 0 saturated carbocycles. The van der Waals surface area contributed by atoms with Crippen LogP contribution in [0.4, 0.5) is 15.8 Å². The molecule has 3 nitrogen and oxygen atoms in total. The van der Waals surface area contributed by atoms with Crippen molar-refractivity contribution in [2.45, 2.75) is 6.42 Å². The summed E-state index contributed by atoms with van der Waals surface area (Å²) in [5, 5.41) is 0. The highest BCUT2D eigenvalue weighted by Gasteiger charge is 2.25. The second kappa shape index (κ2) is 2.45. The Hall–Kier alpha value is -1.58. The fourth-order valence-electron chi connectivity index (χ4n) is 1.50. The van der Waals surface area contributed by atoms with Crippen molar-refractivity contribution in [2.24, 2.45) is 0 Å². The number of nitrogen functional groups attached to an aromatic ring is 1. The van der Waals surface area contributed by atoms with Gasteiger partial charge in [0.05, 0.1) is 17.8 Å². The molecule has 0 bridgehead atoms. The molecule has 1 aromatic rings. The molecule has 0 atom stereocenters. The number of carbonyl (C=O) groups is 1. The van der Waals surface area contributed by atoms with Crippen molar-refractivity contribution in [3.05, 3.63) is 23.5 Å². The van der Waals surface area contributed by atoms with Crippen molar-refractivity contribution in [3.8, 4) is 0 Å². The number of benzene rings is 1. The maximum atomic E-state index is 13.0. The van der Waals surface area contributed by atoms with Crippen molar-refractivity contribution in [1.82, 2.24) is 0 Å². The highest BCUT2D eigenvalue weighted by molar-refractivity contribution is 6.01. The van der Waals surface area contributed by atoms with Gasteiger partial charge in [-0.25, -0.2) is 4.39 Å². The molecule has 1 aromatic carbocycles. The zero-order chi connectivity index (χ0) is 9.59. The van der Waals surface area contributed by atoms with Crippen LogP contribution in [0.1, 0.15) is 5.56 Å². The lowest BCUT2D eigenvalue weighted by atomic mass is 10.1. The van der Waals surface area contributed by atoms with Crippen LogP contribution >= 0.6 is 0 Å². The Bertz CT molecular complexity index is 389. The van der Waals surface area contributed by atoms with Crippen molar-refractivity contribution in [2.75, 3.05) is 17.7 Å². The third-order valence-corrected chi connectivity index (χ3v) is 2.28. The number of amides is 1. The van der Waals surface area contributed by atoms with E-state index in [0.717, 1.165) is 5.56 Å². The molecule has 0 aliphatic carbocycles. The molecule has 2 rings (SSSR count). The standard InChI is InChI=1S/C9H9FN2O/c1-12-8-4-6(10)7(11)2-5(8)3-9(12)13/h2,4H,3,11H2,1H3. The number of likely N-dealkylation sites (N-methyl/N-ethyl adjacent to an activating group) is 1. The first-order valence-corrected chi connectivity index (χ1v) is 3.94. The number of halogens is 1.